The van der Waals surface area contributed by atoms with Gasteiger partial charge in [0.1, 0.15) is 11.4 Å². The first-order valence-corrected chi connectivity index (χ1v) is 12.2. The number of carboxylic acid groups (broad SMARTS) is 1. The number of carboxylic acids is 1. The van der Waals surface area contributed by atoms with E-state index in [1.54, 1.807) is 30.6 Å². The van der Waals surface area contributed by atoms with E-state index in [-0.39, 0.29) is 11.7 Å². The summed E-state index contributed by atoms with van der Waals surface area (Å²) in [6.07, 6.45) is 7.87. The second-order valence-electron chi connectivity index (χ2n) is 9.18. The molecular weight excluding hydrogens is 480 g/mol. The number of pyridine rings is 1. The third-order valence-corrected chi connectivity index (χ3v) is 6.80. The van der Waals surface area contributed by atoms with Crippen LogP contribution in [0.1, 0.15) is 36.2 Å². The number of aromatic nitrogens is 4. The first-order chi connectivity index (χ1) is 17.9. The van der Waals surface area contributed by atoms with Gasteiger partial charge in [-0.15, -0.1) is 0 Å². The van der Waals surface area contributed by atoms with Gasteiger partial charge in [-0.1, -0.05) is 18.2 Å². The molecule has 37 heavy (non-hydrogen) atoms. The second kappa shape index (κ2) is 10.5. The lowest BCUT2D eigenvalue weighted by Gasteiger charge is -2.20. The van der Waals surface area contributed by atoms with E-state index in [1.165, 1.54) is 6.07 Å². The molecule has 4 heterocycles. The number of imidazole rings is 1. The number of hydrogen-bond acceptors (Lipinski definition) is 6. The molecule has 1 fully saturated rings. The molecule has 1 aliphatic heterocycles. The van der Waals surface area contributed by atoms with Crippen LogP contribution in [0.5, 0.6) is 5.75 Å². The van der Waals surface area contributed by atoms with Crippen LogP contribution in [0.25, 0.3) is 16.8 Å². The highest BCUT2D eigenvalue weighted by atomic mass is 19.3. The van der Waals surface area contributed by atoms with Crippen LogP contribution in [0.4, 0.5) is 14.7 Å². The third-order valence-electron chi connectivity index (χ3n) is 6.80. The van der Waals surface area contributed by atoms with E-state index in [0.29, 0.717) is 37.3 Å². The average molecular weight is 508 g/mol. The minimum Gasteiger partial charge on any atom is -0.481 e. The van der Waals surface area contributed by atoms with Crippen molar-refractivity contribution in [2.75, 3.05) is 18.0 Å². The van der Waals surface area contributed by atoms with Crippen LogP contribution in [-0.2, 0) is 11.2 Å². The Morgan fingerprint density at radius 3 is 2.65 bits per heavy atom. The minimum atomic E-state index is -2.90. The van der Waals surface area contributed by atoms with Crippen LogP contribution >= 0.6 is 0 Å². The molecule has 1 aromatic carbocycles. The van der Waals surface area contributed by atoms with Crippen molar-refractivity contribution < 1.29 is 23.4 Å². The number of halogens is 2. The van der Waals surface area contributed by atoms with Crippen molar-refractivity contribution in [3.8, 4) is 16.9 Å². The number of para-hydroxylation sites is 1. The maximum absolute atomic E-state index is 12.9. The van der Waals surface area contributed by atoms with E-state index in [2.05, 4.69) is 15.0 Å². The Labute approximate surface area is 212 Å². The molecule has 1 saturated heterocycles. The molecule has 0 amide bonds. The van der Waals surface area contributed by atoms with Crippen LogP contribution in [0.3, 0.4) is 0 Å². The smallest absolute Gasteiger partial charge is 0.387 e. The molecule has 3 aromatic heterocycles. The van der Waals surface area contributed by atoms with Crippen molar-refractivity contribution in [2.45, 2.75) is 39.2 Å². The molecular formula is C27H27F2N5O3. The quantitative estimate of drug-likeness (QED) is 0.377. The molecule has 10 heteroatoms. The molecule has 1 unspecified atom stereocenters. The number of ether oxygens (including phenoxy) is 1. The van der Waals surface area contributed by atoms with Crippen molar-refractivity contribution >= 4 is 17.6 Å². The summed E-state index contributed by atoms with van der Waals surface area (Å²) in [5, 5.41) is 9.32. The summed E-state index contributed by atoms with van der Waals surface area (Å²) in [7, 11) is 0. The largest absolute Gasteiger partial charge is 0.481 e. The lowest BCUT2D eigenvalue weighted by atomic mass is 10.0. The maximum Gasteiger partial charge on any atom is 0.387 e. The van der Waals surface area contributed by atoms with Crippen molar-refractivity contribution in [3.63, 3.8) is 0 Å². The number of nitrogens with zero attached hydrogens (tertiary/aromatic N) is 5. The Balaban J connectivity index is 1.40. The summed E-state index contributed by atoms with van der Waals surface area (Å²) in [6, 6.07) is 10.6. The van der Waals surface area contributed by atoms with Crippen LogP contribution in [0, 0.1) is 12.8 Å². The fraction of sp³-hybridized carbons (Fsp3) is 0.333. The third kappa shape index (κ3) is 5.37. The van der Waals surface area contributed by atoms with Crippen molar-refractivity contribution in [1.29, 1.82) is 0 Å². The van der Waals surface area contributed by atoms with E-state index in [1.807, 2.05) is 34.6 Å². The maximum atomic E-state index is 12.9. The van der Waals surface area contributed by atoms with E-state index < -0.39 is 12.6 Å². The molecule has 8 nitrogen and oxygen atoms in total. The molecule has 0 aliphatic carbocycles. The van der Waals surface area contributed by atoms with Gasteiger partial charge in [-0.2, -0.15) is 8.78 Å². The Morgan fingerprint density at radius 2 is 1.89 bits per heavy atom. The predicted molar refractivity (Wildman–Crippen MR) is 134 cm³/mol. The lowest BCUT2D eigenvalue weighted by molar-refractivity contribution is -0.142. The predicted octanol–water partition coefficient (Wildman–Crippen LogP) is 4.98. The Bertz CT molecular complexity index is 1410. The SMILES string of the molecule is Cc1nc2ccc(-c3cnc(N4CCCC(C(=O)O)CC4)nc3)cn2c1Cc1ccccc1OC(F)F. The summed E-state index contributed by atoms with van der Waals surface area (Å²) < 4.78 is 32.5. The van der Waals surface area contributed by atoms with E-state index in [4.69, 9.17) is 4.74 Å². The molecule has 4 aromatic rings. The molecule has 5 rings (SSSR count). The van der Waals surface area contributed by atoms with Gasteiger partial charge in [0, 0.05) is 60.5 Å². The van der Waals surface area contributed by atoms with Crippen LogP contribution in [-0.4, -0.2) is 50.1 Å². The summed E-state index contributed by atoms with van der Waals surface area (Å²) in [5.41, 5.74) is 4.78. The number of alkyl halides is 2. The van der Waals surface area contributed by atoms with Crippen molar-refractivity contribution in [2.24, 2.45) is 5.92 Å². The normalized spacial score (nSPS) is 16.2. The number of fused-ring (bicyclic) bond motifs is 1. The van der Waals surface area contributed by atoms with Gasteiger partial charge >= 0.3 is 12.6 Å². The Kier molecular flexibility index (Phi) is 6.98. The molecule has 1 atom stereocenters. The zero-order chi connectivity index (χ0) is 25.9. The second-order valence-corrected chi connectivity index (χ2v) is 9.18. The molecule has 1 aliphatic rings. The fourth-order valence-electron chi connectivity index (χ4n) is 4.81. The monoisotopic (exact) mass is 507 g/mol. The fourth-order valence-corrected chi connectivity index (χ4v) is 4.81. The average Bonchev–Trinajstić information content (AvgIpc) is 3.04. The lowest BCUT2D eigenvalue weighted by Crippen LogP contribution is -2.26. The number of benzene rings is 1. The molecule has 0 saturated carbocycles. The van der Waals surface area contributed by atoms with Crippen molar-refractivity contribution in [3.05, 3.63) is 71.9 Å². The number of carbonyl (C=O) groups is 1. The van der Waals surface area contributed by atoms with E-state index in [9.17, 15) is 18.7 Å². The summed E-state index contributed by atoms with van der Waals surface area (Å²) in [6.45, 7) is 0.333. The zero-order valence-electron chi connectivity index (χ0n) is 20.3. The van der Waals surface area contributed by atoms with Crippen LogP contribution in [0.2, 0.25) is 0 Å². The summed E-state index contributed by atoms with van der Waals surface area (Å²) in [4.78, 5) is 27.1. The highest BCUT2D eigenvalue weighted by Gasteiger charge is 2.23. The van der Waals surface area contributed by atoms with E-state index in [0.717, 1.165) is 41.1 Å². The summed E-state index contributed by atoms with van der Waals surface area (Å²) in [5.74, 6) is -0.328. The number of aliphatic carboxylic acids is 1. The van der Waals surface area contributed by atoms with Gasteiger partial charge in [0.15, 0.2) is 0 Å². The molecule has 1 N–H and O–H groups in total. The van der Waals surface area contributed by atoms with Crippen molar-refractivity contribution in [1.82, 2.24) is 19.4 Å². The van der Waals surface area contributed by atoms with Gasteiger partial charge in [0.25, 0.3) is 0 Å². The zero-order valence-corrected chi connectivity index (χ0v) is 20.3. The van der Waals surface area contributed by atoms with Gasteiger partial charge in [-0.05, 0) is 44.4 Å². The molecule has 192 valence electrons. The highest BCUT2D eigenvalue weighted by molar-refractivity contribution is 5.70. The van der Waals surface area contributed by atoms with Gasteiger partial charge in [-0.25, -0.2) is 15.0 Å². The summed E-state index contributed by atoms with van der Waals surface area (Å²) >= 11 is 0. The van der Waals surface area contributed by atoms with E-state index >= 15 is 0 Å². The highest BCUT2D eigenvalue weighted by Crippen LogP contribution is 2.27. The Hall–Kier alpha value is -4.08. The van der Waals surface area contributed by atoms with Gasteiger partial charge in [0.05, 0.1) is 11.6 Å². The van der Waals surface area contributed by atoms with Crippen LogP contribution < -0.4 is 9.64 Å². The number of anilines is 1. The Morgan fingerprint density at radius 1 is 1.11 bits per heavy atom. The first-order valence-electron chi connectivity index (χ1n) is 12.2. The van der Waals surface area contributed by atoms with Gasteiger partial charge in [-0.3, -0.25) is 4.79 Å². The molecule has 0 spiro atoms. The minimum absolute atomic E-state index is 0.148. The molecule has 0 bridgehead atoms. The first kappa shape index (κ1) is 24.6. The van der Waals surface area contributed by atoms with Gasteiger partial charge < -0.3 is 19.1 Å². The molecule has 0 radical (unpaired) electrons. The topological polar surface area (TPSA) is 92.9 Å². The number of aryl methyl sites for hydroxylation is 1. The number of rotatable bonds is 7. The number of hydrogen-bond donors (Lipinski definition) is 1. The van der Waals surface area contributed by atoms with Gasteiger partial charge in [0.2, 0.25) is 5.95 Å². The van der Waals surface area contributed by atoms with Crippen LogP contribution in [0.15, 0.2) is 55.0 Å². The standard InChI is InChI=1S/C27H27F2N5O3/c1-17-22(13-19-5-2-3-7-23(19)37-26(28)29)34-16-20(8-9-24(34)32-17)21-14-30-27(31-15-21)33-11-4-6-18(10-12-33)25(35)36/h2-3,5,7-9,14-16,18,26H,4,6,10-13H2,1H3,(H,35,36).